The van der Waals surface area contributed by atoms with Gasteiger partial charge in [-0.3, -0.25) is 4.79 Å². The molecule has 110 valence electrons. The van der Waals surface area contributed by atoms with Gasteiger partial charge >= 0.3 is 0 Å². The number of nitrogens with two attached hydrogens (primary N) is 1. The summed E-state index contributed by atoms with van der Waals surface area (Å²) in [6.45, 7) is 2.91. The van der Waals surface area contributed by atoms with Gasteiger partial charge in [0.15, 0.2) is 0 Å². The van der Waals surface area contributed by atoms with Crippen molar-refractivity contribution in [3.05, 3.63) is 48.0 Å². The molecule has 0 unspecified atom stereocenters. The van der Waals surface area contributed by atoms with Crippen molar-refractivity contribution in [2.75, 3.05) is 13.1 Å². The van der Waals surface area contributed by atoms with Crippen molar-refractivity contribution in [1.82, 2.24) is 4.90 Å². The van der Waals surface area contributed by atoms with Gasteiger partial charge in [0.1, 0.15) is 5.84 Å². The first kappa shape index (κ1) is 14.8. The molecule has 0 aliphatic carbocycles. The lowest BCUT2D eigenvalue weighted by Gasteiger charge is -2.21. The van der Waals surface area contributed by atoms with Crippen LogP contribution in [0.15, 0.2) is 47.6 Å². The van der Waals surface area contributed by atoms with Crippen molar-refractivity contribution in [2.24, 2.45) is 10.9 Å². The van der Waals surface area contributed by atoms with E-state index in [1.807, 2.05) is 49.4 Å². The molecule has 0 atom stereocenters. The molecular formula is C16H19N3O2. The third-order valence-corrected chi connectivity index (χ3v) is 3.46. The van der Waals surface area contributed by atoms with Crippen LogP contribution in [-0.4, -0.2) is 34.9 Å². The number of benzene rings is 2. The molecule has 3 N–H and O–H groups in total. The van der Waals surface area contributed by atoms with Gasteiger partial charge in [-0.05, 0) is 23.8 Å². The van der Waals surface area contributed by atoms with Gasteiger partial charge in [-0.2, -0.15) is 0 Å². The van der Waals surface area contributed by atoms with Crippen LogP contribution >= 0.6 is 0 Å². The first-order chi connectivity index (χ1) is 10.2. The number of fused-ring (bicyclic) bond motifs is 1. The maximum atomic E-state index is 12.7. The lowest BCUT2D eigenvalue weighted by atomic mass is 10.0. The number of hydrogen-bond acceptors (Lipinski definition) is 3. The van der Waals surface area contributed by atoms with Crippen molar-refractivity contribution in [1.29, 1.82) is 0 Å². The molecule has 0 aromatic heterocycles. The summed E-state index contributed by atoms with van der Waals surface area (Å²) < 4.78 is 0. The predicted molar refractivity (Wildman–Crippen MR) is 83.6 cm³/mol. The Labute approximate surface area is 123 Å². The molecule has 0 radical (unpaired) electrons. The lowest BCUT2D eigenvalue weighted by Crippen LogP contribution is -2.34. The normalized spacial score (nSPS) is 11.6. The number of nitrogens with zero attached hydrogens (tertiary/aromatic N) is 2. The number of amides is 1. The van der Waals surface area contributed by atoms with E-state index in [2.05, 4.69) is 5.16 Å². The van der Waals surface area contributed by atoms with Gasteiger partial charge in [-0.1, -0.05) is 41.6 Å². The Kier molecular flexibility index (Phi) is 4.77. The zero-order chi connectivity index (χ0) is 15.2. The summed E-state index contributed by atoms with van der Waals surface area (Å²) in [6.07, 6.45) is 0.348. The number of oxime groups is 1. The van der Waals surface area contributed by atoms with E-state index in [-0.39, 0.29) is 11.7 Å². The maximum absolute atomic E-state index is 12.7. The van der Waals surface area contributed by atoms with Crippen molar-refractivity contribution in [3.63, 3.8) is 0 Å². The Bertz CT molecular complexity index is 662. The van der Waals surface area contributed by atoms with Gasteiger partial charge in [0.25, 0.3) is 5.91 Å². The largest absolute Gasteiger partial charge is 0.409 e. The van der Waals surface area contributed by atoms with Crippen LogP contribution in [0.3, 0.4) is 0 Å². The molecule has 5 heteroatoms. The van der Waals surface area contributed by atoms with Crippen LogP contribution < -0.4 is 5.73 Å². The Hall–Kier alpha value is -2.56. The smallest absolute Gasteiger partial charge is 0.254 e. The molecular weight excluding hydrogens is 266 g/mol. The lowest BCUT2D eigenvalue weighted by molar-refractivity contribution is 0.0770. The maximum Gasteiger partial charge on any atom is 0.254 e. The minimum atomic E-state index is -0.0416. The van der Waals surface area contributed by atoms with Crippen LogP contribution in [0.1, 0.15) is 23.7 Å². The second kappa shape index (κ2) is 6.74. The van der Waals surface area contributed by atoms with E-state index >= 15 is 0 Å². The minimum Gasteiger partial charge on any atom is -0.409 e. The highest BCUT2D eigenvalue weighted by molar-refractivity contribution is 6.07. The molecule has 0 heterocycles. The van der Waals surface area contributed by atoms with E-state index < -0.39 is 0 Å². The Morgan fingerprint density at radius 2 is 1.95 bits per heavy atom. The molecule has 0 saturated carbocycles. The summed E-state index contributed by atoms with van der Waals surface area (Å²) in [4.78, 5) is 14.4. The quantitative estimate of drug-likeness (QED) is 0.383. The average Bonchev–Trinajstić information content (AvgIpc) is 2.54. The molecule has 21 heavy (non-hydrogen) atoms. The van der Waals surface area contributed by atoms with Crippen molar-refractivity contribution >= 4 is 22.5 Å². The number of carbonyl (C=O) groups excluding carboxylic acids is 1. The van der Waals surface area contributed by atoms with Crippen molar-refractivity contribution < 1.29 is 10.0 Å². The van der Waals surface area contributed by atoms with E-state index in [4.69, 9.17) is 10.9 Å². The van der Waals surface area contributed by atoms with Gasteiger partial charge in [0.05, 0.1) is 0 Å². The molecule has 0 spiro atoms. The molecule has 2 aromatic carbocycles. The van der Waals surface area contributed by atoms with Crippen LogP contribution in [0.2, 0.25) is 0 Å². The standard InChI is InChI=1S/C16H19N3O2/c1-2-19(11-10-15(17)18-21)16(20)14-9-5-7-12-6-3-4-8-13(12)14/h3-9,21H,2,10-11H2,1H3,(H2,17,18). The molecule has 0 fully saturated rings. The summed E-state index contributed by atoms with van der Waals surface area (Å²) >= 11 is 0. The zero-order valence-electron chi connectivity index (χ0n) is 12.0. The first-order valence-electron chi connectivity index (χ1n) is 6.90. The third-order valence-electron chi connectivity index (χ3n) is 3.46. The van der Waals surface area contributed by atoms with Crippen LogP contribution in [0.25, 0.3) is 10.8 Å². The minimum absolute atomic E-state index is 0.0416. The van der Waals surface area contributed by atoms with E-state index in [1.165, 1.54) is 0 Å². The van der Waals surface area contributed by atoms with Gasteiger partial charge in [0.2, 0.25) is 0 Å². The summed E-state index contributed by atoms with van der Waals surface area (Å²) in [5.41, 5.74) is 6.14. The molecule has 0 saturated heterocycles. The summed E-state index contributed by atoms with van der Waals surface area (Å²) in [7, 11) is 0. The van der Waals surface area contributed by atoms with Gasteiger partial charge in [-0.15, -0.1) is 0 Å². The Morgan fingerprint density at radius 1 is 1.24 bits per heavy atom. The molecule has 2 rings (SSSR count). The highest BCUT2D eigenvalue weighted by atomic mass is 16.4. The number of amidine groups is 1. The molecule has 2 aromatic rings. The summed E-state index contributed by atoms with van der Waals surface area (Å²) in [5.74, 6) is 0.0826. The van der Waals surface area contributed by atoms with E-state index in [0.717, 1.165) is 10.8 Å². The van der Waals surface area contributed by atoms with Crippen LogP contribution in [0.5, 0.6) is 0 Å². The summed E-state index contributed by atoms with van der Waals surface area (Å²) in [6, 6.07) is 13.5. The zero-order valence-corrected chi connectivity index (χ0v) is 12.0. The fourth-order valence-electron chi connectivity index (χ4n) is 2.29. The molecule has 5 nitrogen and oxygen atoms in total. The second-order valence-corrected chi connectivity index (χ2v) is 4.75. The fourth-order valence-corrected chi connectivity index (χ4v) is 2.29. The number of carbonyl (C=O) groups is 1. The van der Waals surface area contributed by atoms with Crippen molar-refractivity contribution in [2.45, 2.75) is 13.3 Å². The van der Waals surface area contributed by atoms with Crippen LogP contribution in [0.4, 0.5) is 0 Å². The summed E-state index contributed by atoms with van der Waals surface area (Å²) in [5, 5.41) is 13.5. The predicted octanol–water partition coefficient (Wildman–Crippen LogP) is 2.44. The van der Waals surface area contributed by atoms with Crippen molar-refractivity contribution in [3.8, 4) is 0 Å². The molecule has 0 bridgehead atoms. The van der Waals surface area contributed by atoms with Gasteiger partial charge < -0.3 is 15.8 Å². The Balaban J connectivity index is 2.27. The number of hydrogen-bond donors (Lipinski definition) is 2. The number of rotatable bonds is 5. The third kappa shape index (κ3) is 3.31. The average molecular weight is 285 g/mol. The topological polar surface area (TPSA) is 78.9 Å². The SMILES string of the molecule is CCN(CCC(N)=NO)C(=O)c1cccc2ccccc12. The monoisotopic (exact) mass is 285 g/mol. The molecule has 1 amide bonds. The van der Waals surface area contributed by atoms with Crippen LogP contribution in [-0.2, 0) is 0 Å². The highest BCUT2D eigenvalue weighted by Crippen LogP contribution is 2.20. The second-order valence-electron chi connectivity index (χ2n) is 4.75. The highest BCUT2D eigenvalue weighted by Gasteiger charge is 2.16. The van der Waals surface area contributed by atoms with E-state index in [0.29, 0.717) is 25.1 Å². The van der Waals surface area contributed by atoms with Gasteiger partial charge in [-0.25, -0.2) is 0 Å². The van der Waals surface area contributed by atoms with Gasteiger partial charge in [0, 0.05) is 25.1 Å². The first-order valence-corrected chi connectivity index (χ1v) is 6.90. The molecule has 0 aliphatic heterocycles. The Morgan fingerprint density at radius 3 is 2.67 bits per heavy atom. The van der Waals surface area contributed by atoms with E-state index in [1.54, 1.807) is 4.90 Å². The molecule has 0 aliphatic rings. The fraction of sp³-hybridized carbons (Fsp3) is 0.250. The van der Waals surface area contributed by atoms with Crippen LogP contribution in [0, 0.1) is 0 Å². The van der Waals surface area contributed by atoms with E-state index in [9.17, 15) is 4.79 Å².